The fourth-order valence-electron chi connectivity index (χ4n) is 6.77. The minimum Gasteiger partial charge on any atom is -0.493 e. The largest absolute Gasteiger partial charge is 0.493 e. The second-order valence-electron chi connectivity index (χ2n) is 13.9. The lowest BCUT2D eigenvalue weighted by Crippen LogP contribution is -2.62. The predicted octanol–water partition coefficient (Wildman–Crippen LogP) is 7.56. The molecule has 8 atom stereocenters. The first kappa shape index (κ1) is 39.6. The number of aliphatic hydroxyl groups is 1. The van der Waals surface area contributed by atoms with Crippen molar-refractivity contribution in [3.63, 3.8) is 0 Å². The lowest BCUT2D eigenvalue weighted by molar-refractivity contribution is -0.341. The molecule has 0 aliphatic carbocycles. The summed E-state index contributed by atoms with van der Waals surface area (Å²) in [5.74, 6) is 0. The zero-order valence-electron chi connectivity index (χ0n) is 31.4. The van der Waals surface area contributed by atoms with Crippen LogP contribution in [0.5, 0.6) is 0 Å². The molecule has 5 aromatic rings. The van der Waals surface area contributed by atoms with Gasteiger partial charge in [0.1, 0.15) is 36.6 Å². The van der Waals surface area contributed by atoms with Crippen LogP contribution in [-0.4, -0.2) is 67.3 Å². The van der Waals surface area contributed by atoms with Gasteiger partial charge in [-0.05, 0) is 33.9 Å². The third kappa shape index (κ3) is 11.4. The number of rotatable bonds is 19. The zero-order valence-corrected chi connectivity index (χ0v) is 31.4. The van der Waals surface area contributed by atoms with Crippen LogP contribution in [0.15, 0.2) is 164 Å². The Bertz CT molecular complexity index is 1850. The van der Waals surface area contributed by atoms with Crippen LogP contribution in [-0.2, 0) is 70.9 Å². The lowest BCUT2D eigenvalue weighted by atomic mass is 9.97. The minimum atomic E-state index is -1.10. The van der Waals surface area contributed by atoms with Crippen molar-refractivity contribution in [2.75, 3.05) is 13.2 Å². The third-order valence-corrected chi connectivity index (χ3v) is 9.76. The number of aliphatic hydroxyl groups excluding tert-OH is 1. The highest BCUT2D eigenvalue weighted by molar-refractivity contribution is 5.17. The normalized spacial score (nSPS) is 24.7. The van der Waals surface area contributed by atoms with E-state index in [0.29, 0.717) is 19.8 Å². The maximum absolute atomic E-state index is 12.0. The smallest absolute Gasteiger partial charge is 0.187 e. The summed E-state index contributed by atoms with van der Waals surface area (Å²) in [6.45, 7) is 1.89. The van der Waals surface area contributed by atoms with E-state index in [-0.39, 0.29) is 26.4 Å². The van der Waals surface area contributed by atoms with Crippen LogP contribution in [0.2, 0.25) is 0 Å². The molecule has 1 fully saturated rings. The molecule has 0 bridgehead atoms. The first-order valence-corrected chi connectivity index (χ1v) is 19.2. The molecule has 292 valence electrons. The maximum atomic E-state index is 12.0. The van der Waals surface area contributed by atoms with Gasteiger partial charge >= 0.3 is 0 Å². The Morgan fingerprint density at radius 1 is 0.446 bits per heavy atom. The van der Waals surface area contributed by atoms with E-state index >= 15 is 0 Å². The van der Waals surface area contributed by atoms with Crippen molar-refractivity contribution >= 4 is 0 Å². The number of hydrogen-bond donors (Lipinski definition) is 1. The quantitative estimate of drug-likeness (QED) is 0.0916. The Morgan fingerprint density at radius 3 is 1.34 bits per heavy atom. The van der Waals surface area contributed by atoms with Crippen LogP contribution < -0.4 is 0 Å². The summed E-state index contributed by atoms with van der Waals surface area (Å²) in [7, 11) is 0. The standard InChI is InChI=1S/C47H50O9/c48-43-41(33-49-28-35-16-6-1-7-17-35)55-47(46(54-32-39-24-14-5-15-25-39)45(43)53-31-38-22-12-4-13-23-38)56-44-40(52-30-37-20-10-3-11-21-37)26-27-51-42(44)34-50-29-36-18-8-2-9-19-36/h1-27,40-48H,28-34H2/t40?,41?,42?,43-,44+,45?,46?,47-/m0/s1. The molecule has 5 unspecified atom stereocenters. The Balaban J connectivity index is 1.16. The highest BCUT2D eigenvalue weighted by atomic mass is 16.7. The molecule has 0 radical (unpaired) electrons. The SMILES string of the molecule is O[C@H]1C(COCc2ccccc2)O[C@@H](O[C@@H]2C(OCc3ccccc3)C=COC2COCc2ccccc2)C(OCc2ccccc2)C1OCc1ccccc1. The van der Waals surface area contributed by atoms with Crippen LogP contribution in [0.25, 0.3) is 0 Å². The number of ether oxygens (including phenoxy) is 8. The third-order valence-electron chi connectivity index (χ3n) is 9.76. The van der Waals surface area contributed by atoms with Gasteiger partial charge in [0.2, 0.25) is 0 Å². The molecule has 2 heterocycles. The van der Waals surface area contributed by atoms with Gasteiger partial charge in [-0.3, -0.25) is 0 Å². The molecule has 0 saturated carbocycles. The van der Waals surface area contributed by atoms with Gasteiger partial charge in [-0.25, -0.2) is 0 Å². The average Bonchev–Trinajstić information content (AvgIpc) is 3.25. The van der Waals surface area contributed by atoms with Gasteiger partial charge in [0.05, 0.1) is 52.5 Å². The molecule has 7 rings (SSSR count). The van der Waals surface area contributed by atoms with Crippen LogP contribution in [0, 0.1) is 0 Å². The Kier molecular flexibility index (Phi) is 14.8. The molecule has 0 spiro atoms. The Labute approximate surface area is 329 Å². The van der Waals surface area contributed by atoms with Gasteiger partial charge in [0.25, 0.3) is 0 Å². The van der Waals surface area contributed by atoms with E-state index in [4.69, 9.17) is 37.9 Å². The van der Waals surface area contributed by atoms with E-state index in [0.717, 1.165) is 27.8 Å². The highest BCUT2D eigenvalue weighted by Gasteiger charge is 2.50. The Hall–Kier alpha value is -4.68. The van der Waals surface area contributed by atoms with Gasteiger partial charge in [-0.2, -0.15) is 0 Å². The zero-order chi connectivity index (χ0) is 38.2. The van der Waals surface area contributed by atoms with E-state index in [2.05, 4.69) is 0 Å². The van der Waals surface area contributed by atoms with Crippen molar-refractivity contribution in [1.82, 2.24) is 0 Å². The second-order valence-corrected chi connectivity index (χ2v) is 13.9. The number of benzene rings is 5. The minimum absolute atomic E-state index is 0.0884. The lowest BCUT2D eigenvalue weighted by Gasteiger charge is -2.46. The van der Waals surface area contributed by atoms with E-state index in [1.165, 1.54) is 0 Å². The van der Waals surface area contributed by atoms with Gasteiger partial charge in [-0.1, -0.05) is 152 Å². The topological polar surface area (TPSA) is 94.1 Å². The van der Waals surface area contributed by atoms with Crippen LogP contribution in [0.3, 0.4) is 0 Å². The second kappa shape index (κ2) is 21.0. The molecule has 5 aromatic carbocycles. The van der Waals surface area contributed by atoms with Crippen molar-refractivity contribution < 1.29 is 43.0 Å². The summed E-state index contributed by atoms with van der Waals surface area (Å²) in [4.78, 5) is 0. The molecule has 1 saturated heterocycles. The van der Waals surface area contributed by atoms with Gasteiger partial charge in [0.15, 0.2) is 12.4 Å². The predicted molar refractivity (Wildman–Crippen MR) is 211 cm³/mol. The first-order chi connectivity index (χ1) is 27.7. The maximum Gasteiger partial charge on any atom is 0.187 e. The first-order valence-electron chi connectivity index (χ1n) is 19.2. The number of hydrogen-bond acceptors (Lipinski definition) is 9. The van der Waals surface area contributed by atoms with Crippen molar-refractivity contribution in [2.45, 2.75) is 82.1 Å². The molecule has 1 N–H and O–H groups in total. The molecule has 2 aliphatic rings. The van der Waals surface area contributed by atoms with Gasteiger partial charge in [0, 0.05) is 0 Å². The van der Waals surface area contributed by atoms with Crippen molar-refractivity contribution in [1.29, 1.82) is 0 Å². The van der Waals surface area contributed by atoms with Crippen molar-refractivity contribution in [3.05, 3.63) is 192 Å². The van der Waals surface area contributed by atoms with E-state index < -0.39 is 49.0 Å². The van der Waals surface area contributed by atoms with Crippen molar-refractivity contribution in [3.8, 4) is 0 Å². The fraction of sp³-hybridized carbons (Fsp3) is 0.319. The molecular weight excluding hydrogens is 709 g/mol. The highest BCUT2D eigenvalue weighted by Crippen LogP contribution is 2.32. The Morgan fingerprint density at radius 2 is 0.857 bits per heavy atom. The summed E-state index contributed by atoms with van der Waals surface area (Å²) < 4.78 is 52.0. The fourth-order valence-corrected chi connectivity index (χ4v) is 6.77. The summed E-state index contributed by atoms with van der Waals surface area (Å²) in [6.07, 6.45) is -2.93. The van der Waals surface area contributed by atoms with E-state index in [1.807, 2.05) is 158 Å². The van der Waals surface area contributed by atoms with Gasteiger partial charge in [-0.15, -0.1) is 0 Å². The van der Waals surface area contributed by atoms with Crippen LogP contribution in [0.4, 0.5) is 0 Å². The summed E-state index contributed by atoms with van der Waals surface area (Å²) in [5.41, 5.74) is 4.99. The molecule has 2 aliphatic heterocycles. The van der Waals surface area contributed by atoms with E-state index in [1.54, 1.807) is 6.26 Å². The van der Waals surface area contributed by atoms with E-state index in [9.17, 15) is 5.11 Å². The summed E-state index contributed by atoms with van der Waals surface area (Å²) in [6, 6.07) is 49.6. The molecular formula is C47H50O9. The summed E-state index contributed by atoms with van der Waals surface area (Å²) >= 11 is 0. The average molecular weight is 759 g/mol. The molecule has 0 amide bonds. The van der Waals surface area contributed by atoms with Crippen molar-refractivity contribution in [2.24, 2.45) is 0 Å². The molecule has 56 heavy (non-hydrogen) atoms. The molecule has 0 aromatic heterocycles. The summed E-state index contributed by atoms with van der Waals surface area (Å²) in [5, 5.41) is 12.0. The van der Waals surface area contributed by atoms with Crippen LogP contribution in [0.1, 0.15) is 27.8 Å². The molecule has 9 heteroatoms. The van der Waals surface area contributed by atoms with Gasteiger partial charge < -0.3 is 43.0 Å². The molecule has 9 nitrogen and oxygen atoms in total. The monoisotopic (exact) mass is 758 g/mol. The van der Waals surface area contributed by atoms with Crippen LogP contribution >= 0.6 is 0 Å².